The number of hydrogen-bond acceptors (Lipinski definition) is 8. The Morgan fingerprint density at radius 2 is 1.85 bits per heavy atom. The number of benzene rings is 2. The summed E-state index contributed by atoms with van der Waals surface area (Å²) in [5.74, 6) is 0.491. The van der Waals surface area contributed by atoms with Gasteiger partial charge in [-0.1, -0.05) is 29.5 Å². The molecule has 34 heavy (non-hydrogen) atoms. The maximum atomic E-state index is 13.5. The van der Waals surface area contributed by atoms with Crippen molar-refractivity contribution in [2.75, 3.05) is 25.8 Å². The number of anilines is 1. The van der Waals surface area contributed by atoms with Crippen LogP contribution in [0.25, 0.3) is 16.0 Å². The number of methoxy groups -OCH3 is 2. The van der Waals surface area contributed by atoms with Crippen molar-refractivity contribution in [2.24, 2.45) is 0 Å². The van der Waals surface area contributed by atoms with Crippen molar-refractivity contribution in [3.8, 4) is 17.2 Å². The van der Waals surface area contributed by atoms with Crippen LogP contribution in [0.1, 0.15) is 5.56 Å². The van der Waals surface area contributed by atoms with Crippen LogP contribution in [-0.2, 0) is 11.3 Å². The summed E-state index contributed by atoms with van der Waals surface area (Å²) in [6.45, 7) is 1.57. The van der Waals surface area contributed by atoms with Crippen molar-refractivity contribution in [3.63, 3.8) is 0 Å². The Morgan fingerprint density at radius 1 is 1.12 bits per heavy atom. The van der Waals surface area contributed by atoms with Gasteiger partial charge in [0.25, 0.3) is 5.56 Å². The molecule has 0 radical (unpaired) electrons. The fourth-order valence-electron chi connectivity index (χ4n) is 3.41. The van der Waals surface area contributed by atoms with Crippen molar-refractivity contribution >= 4 is 45.0 Å². The molecule has 0 spiro atoms. The van der Waals surface area contributed by atoms with Crippen LogP contribution in [0, 0.1) is 6.92 Å². The van der Waals surface area contributed by atoms with Gasteiger partial charge in [0, 0.05) is 6.07 Å². The number of rotatable bonds is 7. The molecule has 0 aliphatic heterocycles. The van der Waals surface area contributed by atoms with Gasteiger partial charge in [0.15, 0.2) is 9.99 Å². The van der Waals surface area contributed by atoms with E-state index in [0.717, 1.165) is 10.1 Å². The molecule has 9 nitrogen and oxygen atoms in total. The van der Waals surface area contributed by atoms with Gasteiger partial charge >= 0.3 is 5.69 Å². The SMILES string of the molecule is COc1ccc(OC)c(NC(=O)Cn2c(=O)n(-c3ccc(C)cc3)c(=O)c3sc(SC)nc32)c1. The molecule has 0 atom stereocenters. The summed E-state index contributed by atoms with van der Waals surface area (Å²) >= 11 is 2.56. The molecule has 0 unspecified atom stereocenters. The standard InChI is InChI=1S/C23H22N4O5S2/c1-13-5-7-14(8-6-13)27-21(29)19-20(25-22(33-4)34-19)26(23(27)30)12-18(28)24-16-11-15(31-2)9-10-17(16)32-3/h5-11H,12H2,1-4H3,(H,24,28). The van der Waals surface area contributed by atoms with Gasteiger partial charge in [-0.25, -0.2) is 14.3 Å². The number of carbonyl (C=O) groups excluding carboxylic acids is 1. The van der Waals surface area contributed by atoms with E-state index in [0.29, 0.717) is 31.9 Å². The van der Waals surface area contributed by atoms with Crippen LogP contribution in [0.4, 0.5) is 5.69 Å². The van der Waals surface area contributed by atoms with Gasteiger partial charge < -0.3 is 14.8 Å². The first-order valence-corrected chi connectivity index (χ1v) is 12.2. The topological polar surface area (TPSA) is 104 Å². The van der Waals surface area contributed by atoms with E-state index >= 15 is 0 Å². The Hall–Kier alpha value is -3.57. The molecule has 0 bridgehead atoms. The Balaban J connectivity index is 1.81. The second-order valence-corrected chi connectivity index (χ2v) is 9.35. The lowest BCUT2D eigenvalue weighted by Gasteiger charge is -2.14. The number of thioether (sulfide) groups is 1. The number of aromatic nitrogens is 3. The zero-order valence-electron chi connectivity index (χ0n) is 18.9. The predicted octanol–water partition coefficient (Wildman–Crippen LogP) is 3.30. The fraction of sp³-hybridized carbons (Fsp3) is 0.217. The molecule has 0 fully saturated rings. The van der Waals surface area contributed by atoms with E-state index in [-0.39, 0.29) is 12.2 Å². The molecule has 0 saturated carbocycles. The number of carbonyl (C=O) groups is 1. The van der Waals surface area contributed by atoms with Crippen LogP contribution < -0.4 is 26.0 Å². The third-order valence-electron chi connectivity index (χ3n) is 5.11. The van der Waals surface area contributed by atoms with Gasteiger partial charge in [0.05, 0.1) is 25.6 Å². The summed E-state index contributed by atoms with van der Waals surface area (Å²) in [6.07, 6.45) is 1.83. The van der Waals surface area contributed by atoms with Crippen molar-refractivity contribution in [1.29, 1.82) is 0 Å². The molecule has 4 aromatic rings. The normalized spacial score (nSPS) is 10.9. The lowest BCUT2D eigenvalue weighted by atomic mass is 10.2. The second-order valence-electron chi connectivity index (χ2n) is 7.30. The fourth-order valence-corrected chi connectivity index (χ4v) is 4.90. The van der Waals surface area contributed by atoms with E-state index < -0.39 is 17.2 Å². The summed E-state index contributed by atoms with van der Waals surface area (Å²) in [5, 5.41) is 2.76. The molecule has 1 N–H and O–H groups in total. The van der Waals surface area contributed by atoms with Crippen LogP contribution in [0.15, 0.2) is 56.4 Å². The van der Waals surface area contributed by atoms with E-state index in [1.165, 1.54) is 41.9 Å². The molecule has 11 heteroatoms. The number of hydrogen-bond donors (Lipinski definition) is 1. The van der Waals surface area contributed by atoms with E-state index in [1.54, 1.807) is 30.3 Å². The first-order valence-electron chi connectivity index (χ1n) is 10.2. The number of nitrogens with zero attached hydrogens (tertiary/aromatic N) is 3. The van der Waals surface area contributed by atoms with E-state index in [1.807, 2.05) is 25.3 Å². The van der Waals surface area contributed by atoms with Crippen LogP contribution in [-0.4, -0.2) is 40.5 Å². The van der Waals surface area contributed by atoms with Gasteiger partial charge in [-0.2, -0.15) is 0 Å². The highest BCUT2D eigenvalue weighted by Gasteiger charge is 2.21. The van der Waals surface area contributed by atoms with E-state index in [9.17, 15) is 14.4 Å². The number of fused-ring (bicyclic) bond motifs is 1. The van der Waals surface area contributed by atoms with Crippen LogP contribution in [0.2, 0.25) is 0 Å². The monoisotopic (exact) mass is 498 g/mol. The average Bonchev–Trinajstić information content (AvgIpc) is 3.28. The van der Waals surface area contributed by atoms with E-state index in [4.69, 9.17) is 9.47 Å². The first kappa shape index (κ1) is 23.6. The first-order chi connectivity index (χ1) is 16.4. The molecular formula is C23H22N4O5S2. The number of nitrogens with one attached hydrogen (secondary N) is 1. The van der Waals surface area contributed by atoms with Crippen LogP contribution >= 0.6 is 23.1 Å². The highest BCUT2D eigenvalue weighted by Crippen LogP contribution is 2.29. The minimum atomic E-state index is -0.646. The Bertz CT molecular complexity index is 1490. The molecule has 2 aromatic heterocycles. The molecule has 2 aromatic carbocycles. The van der Waals surface area contributed by atoms with Gasteiger partial charge in [0.2, 0.25) is 5.91 Å². The summed E-state index contributed by atoms with van der Waals surface area (Å²) in [7, 11) is 3.01. The number of amides is 1. The minimum Gasteiger partial charge on any atom is -0.497 e. The molecule has 4 rings (SSSR count). The van der Waals surface area contributed by atoms with Crippen molar-refractivity contribution in [1.82, 2.24) is 14.1 Å². The Labute approximate surface area is 203 Å². The highest BCUT2D eigenvalue weighted by atomic mass is 32.2. The lowest BCUT2D eigenvalue weighted by molar-refractivity contribution is -0.116. The third kappa shape index (κ3) is 4.44. The van der Waals surface area contributed by atoms with Crippen molar-refractivity contribution in [3.05, 3.63) is 68.9 Å². The zero-order chi connectivity index (χ0) is 24.4. The quantitative estimate of drug-likeness (QED) is 0.390. The molecule has 0 aliphatic carbocycles. The third-order valence-corrected chi connectivity index (χ3v) is 7.13. The maximum absolute atomic E-state index is 13.5. The Kier molecular flexibility index (Phi) is 6.75. The summed E-state index contributed by atoms with van der Waals surface area (Å²) < 4.78 is 13.7. The molecule has 0 saturated heterocycles. The van der Waals surface area contributed by atoms with Gasteiger partial charge in [-0.3, -0.25) is 14.2 Å². The number of ether oxygens (including phenoxy) is 2. The smallest absolute Gasteiger partial charge is 0.337 e. The summed E-state index contributed by atoms with van der Waals surface area (Å²) in [5.41, 5.74) is 0.879. The second kappa shape index (κ2) is 9.74. The highest BCUT2D eigenvalue weighted by molar-refractivity contribution is 8.00. The van der Waals surface area contributed by atoms with Crippen LogP contribution in [0.5, 0.6) is 11.5 Å². The van der Waals surface area contributed by atoms with Gasteiger partial charge in [0.1, 0.15) is 22.7 Å². The molecule has 1 amide bonds. The molecule has 176 valence electrons. The zero-order valence-corrected chi connectivity index (χ0v) is 20.6. The van der Waals surface area contributed by atoms with E-state index in [2.05, 4.69) is 10.3 Å². The molecule has 0 aliphatic rings. The van der Waals surface area contributed by atoms with Gasteiger partial charge in [-0.15, -0.1) is 11.3 Å². The number of thiazole rings is 1. The predicted molar refractivity (Wildman–Crippen MR) is 134 cm³/mol. The van der Waals surface area contributed by atoms with Crippen LogP contribution in [0.3, 0.4) is 0 Å². The van der Waals surface area contributed by atoms with Crippen molar-refractivity contribution < 1.29 is 14.3 Å². The van der Waals surface area contributed by atoms with Gasteiger partial charge in [-0.05, 0) is 37.4 Å². The maximum Gasteiger partial charge on any atom is 0.337 e. The summed E-state index contributed by atoms with van der Waals surface area (Å²) in [6, 6.07) is 12.0. The molecular weight excluding hydrogens is 476 g/mol. The lowest BCUT2D eigenvalue weighted by Crippen LogP contribution is -2.40. The Morgan fingerprint density at radius 3 is 2.50 bits per heavy atom. The summed E-state index contributed by atoms with van der Waals surface area (Å²) in [4.78, 5) is 44.1. The number of aryl methyl sites for hydroxylation is 1. The minimum absolute atomic E-state index is 0.181. The average molecular weight is 499 g/mol. The molecule has 2 heterocycles. The van der Waals surface area contributed by atoms with Crippen molar-refractivity contribution in [2.45, 2.75) is 17.8 Å². The largest absolute Gasteiger partial charge is 0.497 e.